The predicted octanol–water partition coefficient (Wildman–Crippen LogP) is 2.38. The Labute approximate surface area is 114 Å². The van der Waals surface area contributed by atoms with Crippen molar-refractivity contribution in [1.82, 2.24) is 9.88 Å². The molecule has 1 aromatic heterocycles. The summed E-state index contributed by atoms with van der Waals surface area (Å²) in [6.45, 7) is 4.21. The number of hydrogen-bond donors (Lipinski definition) is 1. The first-order chi connectivity index (χ1) is 9.19. The maximum atomic E-state index is 8.75. The Hall–Kier alpha value is -1.39. The number of nitrogens with zero attached hydrogens (tertiary/aromatic N) is 2. The highest BCUT2D eigenvalue weighted by Crippen LogP contribution is 2.17. The first-order valence-electron chi connectivity index (χ1n) is 6.84. The molecule has 0 spiro atoms. The van der Waals surface area contributed by atoms with E-state index in [-0.39, 0.29) is 6.61 Å². The number of rotatable bonds is 7. The Morgan fingerprint density at radius 3 is 2.89 bits per heavy atom. The lowest BCUT2D eigenvalue weighted by molar-refractivity contribution is 0.264. The molecule has 0 aliphatic carbocycles. The second-order valence-corrected chi connectivity index (χ2v) is 5.02. The van der Waals surface area contributed by atoms with Crippen molar-refractivity contribution in [3.8, 4) is 0 Å². The lowest BCUT2D eigenvalue weighted by Crippen LogP contribution is -2.22. The van der Waals surface area contributed by atoms with Crippen LogP contribution in [0.1, 0.15) is 24.3 Å². The molecule has 1 aromatic carbocycles. The molecule has 0 amide bonds. The molecular formula is C15H22N2O2. The van der Waals surface area contributed by atoms with E-state index in [0.29, 0.717) is 5.89 Å². The Balaban J connectivity index is 1.87. The van der Waals surface area contributed by atoms with Gasteiger partial charge in [-0.25, -0.2) is 4.98 Å². The Morgan fingerprint density at radius 1 is 1.26 bits per heavy atom. The SMILES string of the molecule is Cc1nc2ccc(CCN(C)CCCCO)cc2o1. The first-order valence-corrected chi connectivity index (χ1v) is 6.84. The number of aliphatic hydroxyl groups excluding tert-OH is 1. The number of fused-ring (bicyclic) bond motifs is 1. The van der Waals surface area contributed by atoms with Crippen molar-refractivity contribution in [2.75, 3.05) is 26.7 Å². The molecule has 0 unspecified atom stereocenters. The average Bonchev–Trinajstić information content (AvgIpc) is 2.76. The molecule has 0 bridgehead atoms. The normalized spacial score (nSPS) is 11.6. The summed E-state index contributed by atoms with van der Waals surface area (Å²) >= 11 is 0. The minimum atomic E-state index is 0.287. The molecule has 0 saturated heterocycles. The van der Waals surface area contributed by atoms with Gasteiger partial charge >= 0.3 is 0 Å². The number of aryl methyl sites for hydroxylation is 1. The highest BCUT2D eigenvalue weighted by atomic mass is 16.3. The summed E-state index contributed by atoms with van der Waals surface area (Å²) in [6, 6.07) is 6.22. The molecule has 104 valence electrons. The van der Waals surface area contributed by atoms with Crippen molar-refractivity contribution < 1.29 is 9.52 Å². The summed E-state index contributed by atoms with van der Waals surface area (Å²) < 4.78 is 5.54. The number of hydrogen-bond acceptors (Lipinski definition) is 4. The molecule has 4 nitrogen and oxygen atoms in total. The maximum absolute atomic E-state index is 8.75. The summed E-state index contributed by atoms with van der Waals surface area (Å²) in [7, 11) is 2.12. The molecule has 1 N–H and O–H groups in total. The third-order valence-corrected chi connectivity index (χ3v) is 3.29. The molecule has 0 aliphatic rings. The van der Waals surface area contributed by atoms with E-state index < -0.39 is 0 Å². The zero-order valence-corrected chi connectivity index (χ0v) is 11.7. The molecule has 0 aliphatic heterocycles. The number of benzene rings is 1. The Morgan fingerprint density at radius 2 is 2.11 bits per heavy atom. The van der Waals surface area contributed by atoms with Crippen molar-refractivity contribution in [2.45, 2.75) is 26.2 Å². The van der Waals surface area contributed by atoms with Crippen LogP contribution in [0.25, 0.3) is 11.1 Å². The zero-order chi connectivity index (χ0) is 13.7. The van der Waals surface area contributed by atoms with E-state index in [0.717, 1.165) is 43.5 Å². The van der Waals surface area contributed by atoms with Gasteiger partial charge in [-0.1, -0.05) is 6.07 Å². The molecule has 0 radical (unpaired) electrons. The summed E-state index contributed by atoms with van der Waals surface area (Å²) in [6.07, 6.45) is 2.94. The van der Waals surface area contributed by atoms with Gasteiger partial charge in [-0.3, -0.25) is 0 Å². The van der Waals surface area contributed by atoms with Crippen LogP contribution in [0.4, 0.5) is 0 Å². The van der Waals surface area contributed by atoms with Crippen LogP contribution in [-0.2, 0) is 6.42 Å². The maximum Gasteiger partial charge on any atom is 0.192 e. The van der Waals surface area contributed by atoms with Crippen LogP contribution in [0.5, 0.6) is 0 Å². The Bertz CT molecular complexity index is 522. The quantitative estimate of drug-likeness (QED) is 0.778. The molecule has 0 atom stereocenters. The van der Waals surface area contributed by atoms with Crippen LogP contribution < -0.4 is 0 Å². The fourth-order valence-corrected chi connectivity index (χ4v) is 2.17. The van der Waals surface area contributed by atoms with Crippen LogP contribution in [0.15, 0.2) is 22.6 Å². The topological polar surface area (TPSA) is 49.5 Å². The number of aromatic nitrogens is 1. The smallest absolute Gasteiger partial charge is 0.192 e. The van der Waals surface area contributed by atoms with Gasteiger partial charge < -0.3 is 14.4 Å². The average molecular weight is 262 g/mol. The zero-order valence-electron chi connectivity index (χ0n) is 11.7. The number of unbranched alkanes of at least 4 members (excludes halogenated alkanes) is 1. The van der Waals surface area contributed by atoms with Gasteiger partial charge in [0.25, 0.3) is 0 Å². The van der Waals surface area contributed by atoms with Crippen LogP contribution in [0, 0.1) is 6.92 Å². The van der Waals surface area contributed by atoms with Crippen LogP contribution in [0.3, 0.4) is 0 Å². The van der Waals surface area contributed by atoms with Crippen molar-refractivity contribution in [2.24, 2.45) is 0 Å². The highest BCUT2D eigenvalue weighted by molar-refractivity contribution is 5.73. The van der Waals surface area contributed by atoms with Gasteiger partial charge in [0.05, 0.1) is 0 Å². The highest BCUT2D eigenvalue weighted by Gasteiger charge is 2.04. The predicted molar refractivity (Wildman–Crippen MR) is 76.3 cm³/mol. The number of likely N-dealkylation sites (N-methyl/N-ethyl adjacent to an activating group) is 1. The van der Waals surface area contributed by atoms with Gasteiger partial charge in [-0.05, 0) is 50.6 Å². The third-order valence-electron chi connectivity index (χ3n) is 3.29. The number of oxazole rings is 1. The second-order valence-electron chi connectivity index (χ2n) is 5.02. The fourth-order valence-electron chi connectivity index (χ4n) is 2.17. The lowest BCUT2D eigenvalue weighted by atomic mass is 10.1. The van der Waals surface area contributed by atoms with E-state index in [4.69, 9.17) is 9.52 Å². The van der Waals surface area contributed by atoms with E-state index in [1.807, 2.05) is 13.0 Å². The molecular weight excluding hydrogens is 240 g/mol. The van der Waals surface area contributed by atoms with Gasteiger partial charge in [0.2, 0.25) is 0 Å². The summed E-state index contributed by atoms with van der Waals surface area (Å²) in [5.41, 5.74) is 3.08. The minimum Gasteiger partial charge on any atom is -0.441 e. The van der Waals surface area contributed by atoms with Crippen molar-refractivity contribution in [1.29, 1.82) is 0 Å². The van der Waals surface area contributed by atoms with Crippen LogP contribution in [-0.4, -0.2) is 41.7 Å². The third kappa shape index (κ3) is 4.04. The van der Waals surface area contributed by atoms with Crippen molar-refractivity contribution in [3.63, 3.8) is 0 Å². The lowest BCUT2D eigenvalue weighted by Gasteiger charge is -2.15. The van der Waals surface area contributed by atoms with Gasteiger partial charge in [0, 0.05) is 20.1 Å². The standard InChI is InChI=1S/C15H22N2O2/c1-12-16-14-6-5-13(11-15(14)19-12)7-9-17(2)8-3-4-10-18/h5-6,11,18H,3-4,7-10H2,1-2H3. The van der Waals surface area contributed by atoms with Crippen LogP contribution >= 0.6 is 0 Å². The van der Waals surface area contributed by atoms with E-state index in [1.165, 1.54) is 5.56 Å². The molecule has 4 heteroatoms. The molecule has 2 rings (SSSR count). The largest absolute Gasteiger partial charge is 0.441 e. The summed E-state index contributed by atoms with van der Waals surface area (Å²) in [5.74, 6) is 0.716. The summed E-state index contributed by atoms with van der Waals surface area (Å²) in [5, 5.41) is 8.75. The van der Waals surface area contributed by atoms with Gasteiger partial charge in [0.15, 0.2) is 11.5 Å². The van der Waals surface area contributed by atoms with E-state index in [2.05, 4.69) is 29.1 Å². The van der Waals surface area contributed by atoms with Gasteiger partial charge in [-0.2, -0.15) is 0 Å². The summed E-state index contributed by atoms with van der Waals surface area (Å²) in [4.78, 5) is 6.60. The van der Waals surface area contributed by atoms with E-state index in [1.54, 1.807) is 0 Å². The fraction of sp³-hybridized carbons (Fsp3) is 0.533. The molecule has 2 aromatic rings. The molecule has 0 saturated carbocycles. The van der Waals surface area contributed by atoms with Gasteiger partial charge in [0.1, 0.15) is 5.52 Å². The van der Waals surface area contributed by atoms with Crippen molar-refractivity contribution in [3.05, 3.63) is 29.7 Å². The Kier molecular flexibility index (Phi) is 4.93. The molecule has 1 heterocycles. The van der Waals surface area contributed by atoms with E-state index >= 15 is 0 Å². The van der Waals surface area contributed by atoms with Crippen LogP contribution in [0.2, 0.25) is 0 Å². The van der Waals surface area contributed by atoms with Gasteiger partial charge in [-0.15, -0.1) is 0 Å². The molecule has 19 heavy (non-hydrogen) atoms. The monoisotopic (exact) mass is 262 g/mol. The molecule has 0 fully saturated rings. The first kappa shape index (κ1) is 14.0. The second kappa shape index (κ2) is 6.68. The number of aliphatic hydroxyl groups is 1. The minimum absolute atomic E-state index is 0.287. The van der Waals surface area contributed by atoms with Crippen molar-refractivity contribution >= 4 is 11.1 Å². The van der Waals surface area contributed by atoms with E-state index in [9.17, 15) is 0 Å².